The Hall–Kier alpha value is -1.83. The SMILES string of the molecule is C=[P+](C)COCc1nc(=O)c2sc(N3CCOCC3)nc2n1Cc1cccc(Cl)c1C. The number of anilines is 1. The Kier molecular flexibility index (Phi) is 7.04. The van der Waals surface area contributed by atoms with Crippen molar-refractivity contribution < 1.29 is 9.47 Å². The highest BCUT2D eigenvalue weighted by atomic mass is 35.5. The lowest BCUT2D eigenvalue weighted by Crippen LogP contribution is -2.36. The van der Waals surface area contributed by atoms with Gasteiger partial charge in [-0.1, -0.05) is 35.1 Å². The van der Waals surface area contributed by atoms with Crippen LogP contribution in [0.4, 0.5) is 5.13 Å². The van der Waals surface area contributed by atoms with Crippen LogP contribution in [-0.4, -0.2) is 60.2 Å². The van der Waals surface area contributed by atoms with Gasteiger partial charge in [-0.3, -0.25) is 4.79 Å². The Labute approximate surface area is 191 Å². The maximum absolute atomic E-state index is 12.8. The Balaban J connectivity index is 1.80. The number of thiazole rings is 1. The Morgan fingerprint density at radius 3 is 2.84 bits per heavy atom. The summed E-state index contributed by atoms with van der Waals surface area (Å²) in [5, 5.41) is 1.53. The lowest BCUT2D eigenvalue weighted by atomic mass is 10.1. The third-order valence-electron chi connectivity index (χ3n) is 5.12. The van der Waals surface area contributed by atoms with Gasteiger partial charge in [-0.25, -0.2) is 4.98 Å². The van der Waals surface area contributed by atoms with Gasteiger partial charge in [0.05, 0.1) is 32.7 Å². The first-order valence-corrected chi connectivity index (χ1v) is 13.4. The molecule has 0 bridgehead atoms. The van der Waals surface area contributed by atoms with Gasteiger partial charge in [0, 0.05) is 18.1 Å². The fraction of sp³-hybridized carbons (Fsp3) is 0.429. The van der Waals surface area contributed by atoms with E-state index < -0.39 is 7.55 Å². The van der Waals surface area contributed by atoms with E-state index in [0.29, 0.717) is 47.3 Å². The summed E-state index contributed by atoms with van der Waals surface area (Å²) < 4.78 is 13.8. The van der Waals surface area contributed by atoms with Gasteiger partial charge in [-0.15, -0.1) is 0 Å². The largest absolute Gasteiger partial charge is 0.378 e. The molecule has 0 amide bonds. The van der Waals surface area contributed by atoms with E-state index in [2.05, 4.69) is 16.2 Å². The fourth-order valence-electron chi connectivity index (χ4n) is 3.43. The smallest absolute Gasteiger partial charge is 0.292 e. The second-order valence-corrected chi connectivity index (χ2v) is 10.9. The van der Waals surface area contributed by atoms with Crippen molar-refractivity contribution in [1.29, 1.82) is 0 Å². The molecule has 10 heteroatoms. The predicted octanol–water partition coefficient (Wildman–Crippen LogP) is 3.72. The van der Waals surface area contributed by atoms with E-state index in [4.69, 9.17) is 26.1 Å². The van der Waals surface area contributed by atoms with Gasteiger partial charge in [-0.2, -0.15) is 4.98 Å². The van der Waals surface area contributed by atoms with E-state index >= 15 is 0 Å². The van der Waals surface area contributed by atoms with E-state index in [-0.39, 0.29) is 12.2 Å². The quantitative estimate of drug-likeness (QED) is 0.481. The molecule has 1 aliphatic rings. The molecule has 1 aromatic carbocycles. The molecule has 0 N–H and O–H groups in total. The van der Waals surface area contributed by atoms with Crippen molar-refractivity contribution in [2.24, 2.45) is 0 Å². The number of fused-ring (bicyclic) bond motifs is 1. The minimum atomic E-state index is -0.448. The molecule has 0 aliphatic carbocycles. The molecule has 3 heterocycles. The lowest BCUT2D eigenvalue weighted by molar-refractivity contribution is 0.122. The molecule has 3 aromatic rings. The van der Waals surface area contributed by atoms with Crippen LogP contribution in [0.2, 0.25) is 5.02 Å². The summed E-state index contributed by atoms with van der Waals surface area (Å²) in [6, 6.07) is 5.84. The number of ether oxygens (including phenoxy) is 2. The standard InChI is InChI=1S/C21H25ClN4O3PS/c1-14-15(5-4-6-16(14)22)11-26-17(12-29-13-30(2)3)23-20(27)18-19(26)24-21(31-18)25-7-9-28-10-8-25/h4-6H,2,7-13H2,1,3H3/q+1. The molecule has 2 aromatic heterocycles. The molecule has 1 fully saturated rings. The van der Waals surface area contributed by atoms with Crippen molar-refractivity contribution >= 4 is 52.3 Å². The zero-order valence-corrected chi connectivity index (χ0v) is 20.1. The second-order valence-electron chi connectivity index (χ2n) is 7.53. The van der Waals surface area contributed by atoms with Gasteiger partial charge in [0.2, 0.25) is 6.35 Å². The van der Waals surface area contributed by atoms with Crippen LogP contribution in [0.3, 0.4) is 0 Å². The molecule has 31 heavy (non-hydrogen) atoms. The zero-order valence-electron chi connectivity index (χ0n) is 17.6. The van der Waals surface area contributed by atoms with Crippen LogP contribution in [-0.2, 0) is 22.6 Å². The molecular weight excluding hydrogens is 455 g/mol. The summed E-state index contributed by atoms with van der Waals surface area (Å²) in [6.07, 6.45) is 4.56. The van der Waals surface area contributed by atoms with Crippen LogP contribution < -0.4 is 10.5 Å². The van der Waals surface area contributed by atoms with Crippen molar-refractivity contribution in [3.8, 4) is 0 Å². The van der Waals surface area contributed by atoms with Gasteiger partial charge < -0.3 is 18.9 Å². The van der Waals surface area contributed by atoms with Gasteiger partial charge in [-0.05, 0) is 24.1 Å². The highest BCUT2D eigenvalue weighted by Gasteiger charge is 2.21. The van der Waals surface area contributed by atoms with Crippen molar-refractivity contribution in [2.75, 3.05) is 44.2 Å². The molecule has 1 saturated heterocycles. The van der Waals surface area contributed by atoms with Crippen molar-refractivity contribution in [2.45, 2.75) is 20.1 Å². The molecule has 0 radical (unpaired) electrons. The van der Waals surface area contributed by atoms with E-state index in [1.54, 1.807) is 0 Å². The van der Waals surface area contributed by atoms with E-state index in [1.165, 1.54) is 11.3 Å². The van der Waals surface area contributed by atoms with Gasteiger partial charge in [0.15, 0.2) is 10.8 Å². The van der Waals surface area contributed by atoms with Crippen molar-refractivity contribution in [3.63, 3.8) is 0 Å². The summed E-state index contributed by atoms with van der Waals surface area (Å²) in [7, 11) is -0.448. The average molecular weight is 480 g/mol. The van der Waals surface area contributed by atoms with Crippen LogP contribution in [0.25, 0.3) is 10.3 Å². The van der Waals surface area contributed by atoms with Crippen LogP contribution in [0, 0.1) is 6.92 Å². The highest BCUT2D eigenvalue weighted by Crippen LogP contribution is 2.29. The van der Waals surface area contributed by atoms with Crippen LogP contribution >= 0.6 is 30.5 Å². The summed E-state index contributed by atoms with van der Waals surface area (Å²) in [5.74, 6) is 0.563. The first kappa shape index (κ1) is 22.4. The average Bonchev–Trinajstić information content (AvgIpc) is 3.20. The van der Waals surface area contributed by atoms with E-state index in [9.17, 15) is 4.79 Å². The first-order valence-electron chi connectivity index (χ1n) is 10.0. The van der Waals surface area contributed by atoms with Crippen molar-refractivity contribution in [1.82, 2.24) is 14.5 Å². The van der Waals surface area contributed by atoms with Gasteiger partial charge >= 0.3 is 0 Å². The minimum absolute atomic E-state index is 0.234. The maximum Gasteiger partial charge on any atom is 0.292 e. The summed E-state index contributed by atoms with van der Waals surface area (Å²) in [4.78, 5) is 24.2. The van der Waals surface area contributed by atoms with Gasteiger partial charge in [0.1, 0.15) is 24.7 Å². The topological polar surface area (TPSA) is 69.5 Å². The number of rotatable bonds is 7. The third kappa shape index (κ3) is 4.99. The summed E-state index contributed by atoms with van der Waals surface area (Å²) >= 11 is 7.74. The zero-order chi connectivity index (χ0) is 22.0. The van der Waals surface area contributed by atoms with Crippen molar-refractivity contribution in [3.05, 3.63) is 50.5 Å². The predicted molar refractivity (Wildman–Crippen MR) is 130 cm³/mol. The molecule has 1 atom stereocenters. The maximum atomic E-state index is 12.8. The Morgan fingerprint density at radius 1 is 1.32 bits per heavy atom. The molecular formula is C21H25ClN4O3PS+. The summed E-state index contributed by atoms with van der Waals surface area (Å²) in [6.45, 7) is 7.61. The van der Waals surface area contributed by atoms with Crippen LogP contribution in [0.15, 0.2) is 23.0 Å². The minimum Gasteiger partial charge on any atom is -0.378 e. The lowest BCUT2D eigenvalue weighted by Gasteiger charge is -2.25. The molecule has 7 nitrogen and oxygen atoms in total. The number of morpholine rings is 1. The van der Waals surface area contributed by atoms with E-state index in [1.807, 2.05) is 36.4 Å². The molecule has 4 rings (SSSR count). The van der Waals surface area contributed by atoms with Gasteiger partial charge in [0.25, 0.3) is 5.56 Å². The first-order chi connectivity index (χ1) is 14.9. The Bertz CT molecular complexity index is 1170. The molecule has 1 aliphatic heterocycles. The monoisotopic (exact) mass is 479 g/mol. The van der Waals surface area contributed by atoms with Crippen LogP contribution in [0.5, 0.6) is 0 Å². The highest BCUT2D eigenvalue weighted by molar-refractivity contribution is 7.54. The number of benzene rings is 1. The number of halogens is 1. The second kappa shape index (κ2) is 9.76. The number of nitrogens with zero attached hydrogens (tertiary/aromatic N) is 4. The number of hydrogen-bond donors (Lipinski definition) is 0. The normalized spacial score (nSPS) is 14.9. The number of hydrogen-bond acceptors (Lipinski definition) is 7. The van der Waals surface area contributed by atoms with Crippen LogP contribution in [0.1, 0.15) is 17.0 Å². The Morgan fingerprint density at radius 2 is 2.10 bits per heavy atom. The molecule has 0 saturated carbocycles. The molecule has 1 unspecified atom stereocenters. The molecule has 164 valence electrons. The molecule has 0 spiro atoms. The fourth-order valence-corrected chi connectivity index (χ4v) is 5.03. The number of aromatic nitrogens is 3. The third-order valence-corrected chi connectivity index (χ3v) is 7.25. The van der Waals surface area contributed by atoms with E-state index in [0.717, 1.165) is 29.3 Å². The summed E-state index contributed by atoms with van der Waals surface area (Å²) in [5.41, 5.74) is 2.42.